The Kier molecular flexibility index (Phi) is 8.78. The highest BCUT2D eigenvalue weighted by Gasteiger charge is 2.24. The molecule has 4 nitrogen and oxygen atoms in total. The largest absolute Gasteiger partial charge is 1.00 e. The Morgan fingerprint density at radius 2 is 1.61 bits per heavy atom. The maximum absolute atomic E-state index is 13.4. The normalized spacial score (nSPS) is 17.9. The first kappa shape index (κ1) is 26.3. The summed E-state index contributed by atoms with van der Waals surface area (Å²) >= 11 is 6.01. The molecule has 0 spiro atoms. The van der Waals surface area contributed by atoms with Gasteiger partial charge < -0.3 is 17.3 Å². The number of likely N-dealkylation sites (tertiary alicyclic amines) is 1. The quantitative estimate of drug-likeness (QED) is 0.415. The van der Waals surface area contributed by atoms with Crippen LogP contribution in [0.15, 0.2) is 77.6 Å². The van der Waals surface area contributed by atoms with E-state index in [4.69, 9.17) is 16.7 Å². The van der Waals surface area contributed by atoms with E-state index in [-0.39, 0.29) is 29.8 Å². The van der Waals surface area contributed by atoms with Crippen molar-refractivity contribution in [2.45, 2.75) is 38.1 Å². The van der Waals surface area contributed by atoms with Gasteiger partial charge in [0.1, 0.15) is 5.82 Å². The molecule has 0 aliphatic carbocycles. The second-order valence-electron chi connectivity index (χ2n) is 9.51. The van der Waals surface area contributed by atoms with Crippen molar-refractivity contribution in [3.05, 3.63) is 111 Å². The zero-order chi connectivity index (χ0) is 24.2. The first-order valence-electron chi connectivity index (χ1n) is 12.4. The number of nitrogens with zero attached hydrogens (tertiary/aromatic N) is 2. The topological polar surface area (TPSA) is 39.3 Å². The molecule has 1 fully saturated rings. The molecule has 2 unspecified atom stereocenters. The van der Waals surface area contributed by atoms with Crippen molar-refractivity contribution in [3.63, 3.8) is 0 Å². The lowest BCUT2D eigenvalue weighted by Gasteiger charge is -2.19. The third kappa shape index (κ3) is 6.15. The van der Waals surface area contributed by atoms with E-state index in [1.54, 1.807) is 21.7 Å². The van der Waals surface area contributed by atoms with Crippen LogP contribution in [-0.4, -0.2) is 29.4 Å². The van der Waals surface area contributed by atoms with E-state index < -0.39 is 0 Å². The van der Waals surface area contributed by atoms with Crippen molar-refractivity contribution in [3.8, 4) is 0 Å². The average Bonchev–Trinajstić information content (AvgIpc) is 3.12. The predicted molar refractivity (Wildman–Crippen MR) is 139 cm³/mol. The Balaban J connectivity index is 0.00000304. The van der Waals surface area contributed by atoms with Gasteiger partial charge in [-0.25, -0.2) is 9.07 Å². The zero-order valence-corrected chi connectivity index (χ0v) is 21.6. The van der Waals surface area contributed by atoms with Crippen LogP contribution in [0.5, 0.6) is 0 Å². The van der Waals surface area contributed by atoms with Crippen LogP contribution in [0.4, 0.5) is 4.39 Å². The molecule has 0 radical (unpaired) electrons. The second kappa shape index (κ2) is 12.0. The Bertz CT molecular complexity index is 1360. The summed E-state index contributed by atoms with van der Waals surface area (Å²) < 4.78 is 15.1. The SMILES string of the molecule is O=c1c2ccccc2c(Cc2ccc(F)cc2)nn1C1CCC[NH+](CCc2ccc(Cl)cc2)CC1.[Cl-]. The Hall–Kier alpha value is -2.73. The van der Waals surface area contributed by atoms with Crippen molar-refractivity contribution in [2.75, 3.05) is 19.6 Å². The van der Waals surface area contributed by atoms with E-state index in [2.05, 4.69) is 12.1 Å². The number of fused-ring (bicyclic) bond motifs is 1. The van der Waals surface area contributed by atoms with E-state index in [0.717, 1.165) is 67.0 Å². The van der Waals surface area contributed by atoms with Gasteiger partial charge in [-0.05, 0) is 54.3 Å². The fraction of sp³-hybridized carbons (Fsp3) is 0.310. The fourth-order valence-corrected chi connectivity index (χ4v) is 5.27. The molecule has 1 saturated heterocycles. The summed E-state index contributed by atoms with van der Waals surface area (Å²) in [6.45, 7) is 3.20. The van der Waals surface area contributed by atoms with E-state index >= 15 is 0 Å². The molecule has 0 amide bonds. The molecule has 3 aromatic carbocycles. The number of hydrogen-bond acceptors (Lipinski definition) is 2. The number of hydrogen-bond donors (Lipinski definition) is 1. The molecular weight excluding hydrogens is 496 g/mol. The summed E-state index contributed by atoms with van der Waals surface area (Å²) in [5.74, 6) is -0.252. The van der Waals surface area contributed by atoms with Crippen molar-refractivity contribution in [2.24, 2.45) is 0 Å². The van der Waals surface area contributed by atoms with Gasteiger partial charge in [-0.1, -0.05) is 54.1 Å². The van der Waals surface area contributed by atoms with Crippen LogP contribution >= 0.6 is 11.6 Å². The lowest BCUT2D eigenvalue weighted by Crippen LogP contribution is -3.12. The minimum absolute atomic E-state index is 0. The number of nitrogens with one attached hydrogen (secondary N) is 1. The molecule has 0 saturated carbocycles. The summed E-state index contributed by atoms with van der Waals surface area (Å²) in [7, 11) is 0. The Labute approximate surface area is 222 Å². The van der Waals surface area contributed by atoms with Crippen LogP contribution in [0.25, 0.3) is 10.8 Å². The molecule has 4 aromatic rings. The Morgan fingerprint density at radius 1 is 0.917 bits per heavy atom. The van der Waals surface area contributed by atoms with Gasteiger partial charge in [0.2, 0.25) is 0 Å². The molecule has 5 rings (SSSR count). The molecule has 1 N–H and O–H groups in total. The molecule has 1 aliphatic heterocycles. The molecule has 7 heteroatoms. The number of quaternary nitrogens is 1. The molecule has 0 bridgehead atoms. The van der Waals surface area contributed by atoms with Crippen molar-refractivity contribution in [1.29, 1.82) is 0 Å². The Morgan fingerprint density at radius 3 is 2.36 bits per heavy atom. The third-order valence-corrected chi connectivity index (χ3v) is 7.37. The van der Waals surface area contributed by atoms with E-state index in [0.29, 0.717) is 11.8 Å². The summed E-state index contributed by atoms with van der Waals surface area (Å²) in [4.78, 5) is 15.0. The third-order valence-electron chi connectivity index (χ3n) is 7.11. The summed E-state index contributed by atoms with van der Waals surface area (Å²) in [5, 5.41) is 7.25. The second-order valence-corrected chi connectivity index (χ2v) is 9.94. The standard InChI is InChI=1S/C29H29ClFN3O.ClH/c30-23-11-7-21(8-12-23)15-18-33-17-3-4-25(16-19-33)34-29(35)27-6-2-1-5-26(27)28(32-34)20-22-9-13-24(31)14-10-22;/h1-2,5-14,25H,3-4,15-20H2;1H. The minimum atomic E-state index is -0.252. The fourth-order valence-electron chi connectivity index (χ4n) is 5.14. The summed E-state index contributed by atoms with van der Waals surface area (Å²) in [6.07, 6.45) is 4.52. The molecule has 1 aromatic heterocycles. The highest BCUT2D eigenvalue weighted by Crippen LogP contribution is 2.22. The first-order valence-corrected chi connectivity index (χ1v) is 12.8. The molecule has 1 aliphatic rings. The van der Waals surface area contributed by atoms with Gasteiger partial charge >= 0.3 is 0 Å². The van der Waals surface area contributed by atoms with Gasteiger partial charge in [-0.15, -0.1) is 0 Å². The highest BCUT2D eigenvalue weighted by molar-refractivity contribution is 6.30. The van der Waals surface area contributed by atoms with E-state index in [1.807, 2.05) is 36.4 Å². The van der Waals surface area contributed by atoms with Gasteiger partial charge in [-0.2, -0.15) is 5.10 Å². The van der Waals surface area contributed by atoms with Crippen LogP contribution < -0.4 is 22.9 Å². The lowest BCUT2D eigenvalue weighted by molar-refractivity contribution is -0.899. The van der Waals surface area contributed by atoms with E-state index in [1.165, 1.54) is 17.7 Å². The molecule has 188 valence electrons. The van der Waals surface area contributed by atoms with Crippen molar-refractivity contribution >= 4 is 22.4 Å². The van der Waals surface area contributed by atoms with Gasteiger partial charge in [0, 0.05) is 29.7 Å². The zero-order valence-electron chi connectivity index (χ0n) is 20.1. The van der Waals surface area contributed by atoms with Crippen LogP contribution in [0.1, 0.15) is 42.1 Å². The van der Waals surface area contributed by atoms with Gasteiger partial charge in [0.25, 0.3) is 5.56 Å². The maximum Gasteiger partial charge on any atom is 0.274 e. The molecule has 2 atom stereocenters. The van der Waals surface area contributed by atoms with Gasteiger partial charge in [0.15, 0.2) is 0 Å². The van der Waals surface area contributed by atoms with Crippen LogP contribution in [0.3, 0.4) is 0 Å². The molecule has 2 heterocycles. The molecular formula is C29H30Cl2FN3O. The number of benzene rings is 3. The van der Waals surface area contributed by atoms with Crippen LogP contribution in [0, 0.1) is 5.82 Å². The van der Waals surface area contributed by atoms with Gasteiger partial charge in [-0.3, -0.25) is 4.79 Å². The smallest absolute Gasteiger partial charge is 0.274 e. The number of aromatic nitrogens is 2. The average molecular weight is 526 g/mol. The predicted octanol–water partition coefficient (Wildman–Crippen LogP) is 1.64. The first-order chi connectivity index (χ1) is 17.1. The highest BCUT2D eigenvalue weighted by atomic mass is 35.5. The van der Waals surface area contributed by atoms with Gasteiger partial charge in [0.05, 0.1) is 36.8 Å². The van der Waals surface area contributed by atoms with E-state index in [9.17, 15) is 9.18 Å². The maximum atomic E-state index is 13.4. The molecule has 36 heavy (non-hydrogen) atoms. The van der Waals surface area contributed by atoms with Crippen molar-refractivity contribution < 1.29 is 21.7 Å². The van der Waals surface area contributed by atoms with Crippen LogP contribution in [0.2, 0.25) is 5.02 Å². The minimum Gasteiger partial charge on any atom is -1.00 e. The number of rotatable bonds is 6. The number of halogens is 3. The summed E-state index contributed by atoms with van der Waals surface area (Å²) in [5.41, 5.74) is 3.13. The summed E-state index contributed by atoms with van der Waals surface area (Å²) in [6, 6.07) is 22.4. The monoisotopic (exact) mass is 525 g/mol. The van der Waals surface area contributed by atoms with Crippen LogP contribution in [-0.2, 0) is 12.8 Å². The van der Waals surface area contributed by atoms with Crippen molar-refractivity contribution in [1.82, 2.24) is 9.78 Å². The lowest BCUT2D eigenvalue weighted by atomic mass is 10.0.